The van der Waals surface area contributed by atoms with Gasteiger partial charge >= 0.3 is 6.18 Å². The lowest BCUT2D eigenvalue weighted by Crippen LogP contribution is -2.33. The molecule has 1 N–H and O–H groups in total. The Morgan fingerprint density at radius 1 is 1.04 bits per heavy atom. The number of benzene rings is 2. The lowest BCUT2D eigenvalue weighted by Gasteiger charge is -2.17. The smallest absolute Gasteiger partial charge is 0.325 e. The highest BCUT2D eigenvalue weighted by atomic mass is 19.4. The molecule has 0 aromatic heterocycles. The zero-order chi connectivity index (χ0) is 18.9. The number of amides is 2. The molecule has 0 saturated carbocycles. The molecule has 2 aromatic carbocycles. The summed E-state index contributed by atoms with van der Waals surface area (Å²) in [4.78, 5) is 26.0. The summed E-state index contributed by atoms with van der Waals surface area (Å²) in [5.41, 5.74) is -0.143. The minimum Gasteiger partial charge on any atom is -0.325 e. The fraction of sp³-hybridized carbons (Fsp3) is 0.222. The van der Waals surface area contributed by atoms with Gasteiger partial charge in [-0.15, -0.1) is 0 Å². The predicted molar refractivity (Wildman–Crippen MR) is 86.9 cm³/mol. The van der Waals surface area contributed by atoms with Crippen LogP contribution in [0.5, 0.6) is 0 Å². The van der Waals surface area contributed by atoms with Crippen molar-refractivity contribution in [2.24, 2.45) is 5.92 Å². The summed E-state index contributed by atoms with van der Waals surface area (Å²) in [6.45, 7) is 0.228. The van der Waals surface area contributed by atoms with Crippen LogP contribution in [0.1, 0.15) is 12.0 Å². The summed E-state index contributed by atoms with van der Waals surface area (Å²) in [6, 6.07) is 9.33. The first-order valence-electron chi connectivity index (χ1n) is 7.81. The van der Waals surface area contributed by atoms with Crippen LogP contribution in [0.15, 0.2) is 48.5 Å². The van der Waals surface area contributed by atoms with Gasteiger partial charge in [0.1, 0.15) is 11.7 Å². The van der Waals surface area contributed by atoms with E-state index in [1.165, 1.54) is 41.3 Å². The van der Waals surface area contributed by atoms with Crippen molar-refractivity contribution in [3.05, 3.63) is 59.9 Å². The van der Waals surface area contributed by atoms with Crippen LogP contribution in [0, 0.1) is 11.7 Å². The van der Waals surface area contributed by atoms with Gasteiger partial charge in [-0.3, -0.25) is 9.59 Å². The Morgan fingerprint density at radius 3 is 2.23 bits per heavy atom. The van der Waals surface area contributed by atoms with Crippen molar-refractivity contribution in [2.75, 3.05) is 16.8 Å². The van der Waals surface area contributed by atoms with Crippen LogP contribution in [0.4, 0.5) is 28.9 Å². The van der Waals surface area contributed by atoms with Crippen LogP contribution in [-0.4, -0.2) is 18.4 Å². The molecule has 136 valence electrons. The van der Waals surface area contributed by atoms with Gasteiger partial charge < -0.3 is 10.2 Å². The molecule has 1 aliphatic rings. The van der Waals surface area contributed by atoms with Gasteiger partial charge in [0.2, 0.25) is 11.8 Å². The van der Waals surface area contributed by atoms with E-state index < -0.39 is 35.3 Å². The van der Waals surface area contributed by atoms with Gasteiger partial charge in [-0.2, -0.15) is 13.2 Å². The average molecular weight is 366 g/mol. The predicted octanol–water partition coefficient (Wildman–Crippen LogP) is 3.84. The van der Waals surface area contributed by atoms with Gasteiger partial charge in [0.05, 0.1) is 5.56 Å². The SMILES string of the molecule is O=C(Nc1ccc(F)cc1)[C@@H]1CCN(c2ccc(C(F)(F)F)cc2)C1=O. The summed E-state index contributed by atoms with van der Waals surface area (Å²) in [5, 5.41) is 2.54. The van der Waals surface area contributed by atoms with E-state index >= 15 is 0 Å². The van der Waals surface area contributed by atoms with Crippen molar-refractivity contribution in [1.29, 1.82) is 0 Å². The van der Waals surface area contributed by atoms with Crippen LogP contribution in [-0.2, 0) is 15.8 Å². The molecule has 1 saturated heterocycles. The zero-order valence-electron chi connectivity index (χ0n) is 13.4. The van der Waals surface area contributed by atoms with Crippen molar-refractivity contribution in [1.82, 2.24) is 0 Å². The molecule has 0 spiro atoms. The lowest BCUT2D eigenvalue weighted by molar-refractivity contribution is -0.137. The van der Waals surface area contributed by atoms with E-state index in [-0.39, 0.29) is 13.0 Å². The van der Waals surface area contributed by atoms with E-state index in [1.807, 2.05) is 0 Å². The lowest BCUT2D eigenvalue weighted by atomic mass is 10.1. The normalized spacial score (nSPS) is 17.5. The number of rotatable bonds is 3. The van der Waals surface area contributed by atoms with Crippen LogP contribution < -0.4 is 10.2 Å². The largest absolute Gasteiger partial charge is 0.416 e. The van der Waals surface area contributed by atoms with E-state index in [9.17, 15) is 27.2 Å². The number of nitrogens with zero attached hydrogens (tertiary/aromatic N) is 1. The summed E-state index contributed by atoms with van der Waals surface area (Å²) < 4.78 is 50.7. The minimum absolute atomic E-state index is 0.228. The minimum atomic E-state index is -4.45. The Balaban J connectivity index is 1.69. The zero-order valence-corrected chi connectivity index (χ0v) is 13.4. The quantitative estimate of drug-likeness (QED) is 0.663. The van der Waals surface area contributed by atoms with Gasteiger partial charge in [-0.05, 0) is 55.0 Å². The van der Waals surface area contributed by atoms with Crippen molar-refractivity contribution in [2.45, 2.75) is 12.6 Å². The highest BCUT2D eigenvalue weighted by Gasteiger charge is 2.38. The van der Waals surface area contributed by atoms with Crippen molar-refractivity contribution in [3.8, 4) is 0 Å². The number of nitrogens with one attached hydrogen (secondary N) is 1. The Hall–Kier alpha value is -2.90. The molecule has 0 aliphatic carbocycles. The van der Waals surface area contributed by atoms with Crippen LogP contribution in [0.25, 0.3) is 0 Å². The second-order valence-corrected chi connectivity index (χ2v) is 5.87. The van der Waals surface area contributed by atoms with Gasteiger partial charge in [0.15, 0.2) is 0 Å². The molecule has 26 heavy (non-hydrogen) atoms. The molecule has 1 fully saturated rings. The molecule has 4 nitrogen and oxygen atoms in total. The standard InChI is InChI=1S/C18H14F4N2O2/c19-12-3-5-13(6-4-12)23-16(25)15-9-10-24(17(15)26)14-7-1-11(2-8-14)18(20,21)22/h1-8,15H,9-10H2,(H,23,25)/t15-/m0/s1. The van der Waals surface area contributed by atoms with Gasteiger partial charge in [-0.25, -0.2) is 4.39 Å². The number of carbonyl (C=O) groups is 2. The highest BCUT2D eigenvalue weighted by Crippen LogP contribution is 2.32. The highest BCUT2D eigenvalue weighted by molar-refractivity contribution is 6.13. The maximum absolute atomic E-state index is 12.9. The summed E-state index contributed by atoms with van der Waals surface area (Å²) in [6.07, 6.45) is -4.21. The fourth-order valence-corrected chi connectivity index (χ4v) is 2.77. The molecule has 3 rings (SSSR count). The number of carbonyl (C=O) groups excluding carboxylic acids is 2. The number of anilines is 2. The summed E-state index contributed by atoms with van der Waals surface area (Å²) in [7, 11) is 0. The first-order chi connectivity index (χ1) is 12.3. The molecule has 8 heteroatoms. The third kappa shape index (κ3) is 3.68. The van der Waals surface area contributed by atoms with E-state index in [1.54, 1.807) is 0 Å². The molecule has 1 atom stereocenters. The first kappa shape index (κ1) is 17.9. The fourth-order valence-electron chi connectivity index (χ4n) is 2.77. The number of alkyl halides is 3. The number of hydrogen-bond donors (Lipinski definition) is 1. The van der Waals surface area contributed by atoms with Gasteiger partial charge in [-0.1, -0.05) is 0 Å². The Labute approximate surface area is 146 Å². The average Bonchev–Trinajstić information content (AvgIpc) is 2.98. The second kappa shape index (κ2) is 6.78. The van der Waals surface area contributed by atoms with Crippen LogP contribution in [0.2, 0.25) is 0 Å². The van der Waals surface area contributed by atoms with E-state index in [0.29, 0.717) is 11.4 Å². The Morgan fingerprint density at radius 2 is 1.65 bits per heavy atom. The summed E-state index contributed by atoms with van der Waals surface area (Å²) in [5.74, 6) is -2.41. The summed E-state index contributed by atoms with van der Waals surface area (Å²) >= 11 is 0. The Bertz CT molecular complexity index is 817. The molecular weight excluding hydrogens is 352 g/mol. The maximum atomic E-state index is 12.9. The molecule has 2 amide bonds. The second-order valence-electron chi connectivity index (χ2n) is 5.87. The molecule has 1 aliphatic heterocycles. The maximum Gasteiger partial charge on any atom is 0.416 e. The van der Waals surface area contributed by atoms with Crippen molar-refractivity contribution < 1.29 is 27.2 Å². The van der Waals surface area contributed by atoms with Crippen LogP contribution in [0.3, 0.4) is 0 Å². The van der Waals surface area contributed by atoms with Crippen molar-refractivity contribution in [3.63, 3.8) is 0 Å². The molecule has 0 radical (unpaired) electrons. The van der Waals surface area contributed by atoms with E-state index in [4.69, 9.17) is 0 Å². The molecule has 0 bridgehead atoms. The van der Waals surface area contributed by atoms with Crippen molar-refractivity contribution >= 4 is 23.2 Å². The number of halogens is 4. The van der Waals surface area contributed by atoms with Gasteiger partial charge in [0, 0.05) is 17.9 Å². The van der Waals surface area contributed by atoms with E-state index in [0.717, 1.165) is 12.1 Å². The third-order valence-corrected chi connectivity index (χ3v) is 4.14. The number of hydrogen-bond acceptors (Lipinski definition) is 2. The molecule has 1 heterocycles. The Kier molecular flexibility index (Phi) is 4.67. The third-order valence-electron chi connectivity index (χ3n) is 4.14. The topological polar surface area (TPSA) is 49.4 Å². The molecule has 2 aromatic rings. The molecule has 0 unspecified atom stereocenters. The molecular formula is C18H14F4N2O2. The first-order valence-corrected chi connectivity index (χ1v) is 7.81. The van der Waals surface area contributed by atoms with E-state index in [2.05, 4.69) is 5.32 Å². The van der Waals surface area contributed by atoms with Gasteiger partial charge in [0.25, 0.3) is 0 Å². The monoisotopic (exact) mass is 366 g/mol. The van der Waals surface area contributed by atoms with Crippen LogP contribution >= 0.6 is 0 Å².